The highest BCUT2D eigenvalue weighted by molar-refractivity contribution is 9.10. The minimum absolute atomic E-state index is 0.207. The van der Waals surface area contributed by atoms with Crippen molar-refractivity contribution in [1.29, 1.82) is 0 Å². The van der Waals surface area contributed by atoms with Crippen LogP contribution in [0.15, 0.2) is 27.3 Å². The Hall–Kier alpha value is -1.53. The van der Waals surface area contributed by atoms with Gasteiger partial charge in [0.05, 0.1) is 20.0 Å². The highest BCUT2D eigenvalue weighted by Crippen LogP contribution is 2.38. The molecule has 0 bridgehead atoms. The van der Waals surface area contributed by atoms with Gasteiger partial charge < -0.3 is 19.0 Å². The number of aliphatic hydroxyl groups is 1. The molecule has 1 atom stereocenters. The van der Waals surface area contributed by atoms with Crippen molar-refractivity contribution in [3.8, 4) is 5.75 Å². The van der Waals surface area contributed by atoms with Gasteiger partial charge in [-0.3, -0.25) is 0 Å². The smallest absolute Gasteiger partial charge is 0.339 e. The normalized spacial score (nSPS) is 12.4. The van der Waals surface area contributed by atoms with E-state index in [9.17, 15) is 9.90 Å². The average Bonchev–Trinajstić information content (AvgIpc) is 2.89. The molecule has 102 valence electrons. The summed E-state index contributed by atoms with van der Waals surface area (Å²) in [6, 6.07) is 3.28. The second-order valence-electron chi connectivity index (χ2n) is 3.80. The van der Waals surface area contributed by atoms with Crippen LogP contribution in [0.4, 0.5) is 0 Å². The van der Waals surface area contributed by atoms with E-state index in [1.54, 1.807) is 19.1 Å². The first-order valence-electron chi connectivity index (χ1n) is 5.68. The van der Waals surface area contributed by atoms with Crippen LogP contribution >= 0.6 is 15.9 Å². The number of halogens is 1. The van der Waals surface area contributed by atoms with Crippen molar-refractivity contribution < 1.29 is 23.8 Å². The first kappa shape index (κ1) is 13.9. The lowest BCUT2D eigenvalue weighted by Crippen LogP contribution is -2.16. The van der Waals surface area contributed by atoms with E-state index in [0.717, 1.165) is 5.39 Å². The topological polar surface area (TPSA) is 68.9 Å². The largest absolute Gasteiger partial charge is 0.493 e. The van der Waals surface area contributed by atoms with Crippen LogP contribution in [0.2, 0.25) is 0 Å². The Morgan fingerprint density at radius 2 is 2.32 bits per heavy atom. The van der Waals surface area contributed by atoms with Crippen LogP contribution in [0, 0.1) is 0 Å². The van der Waals surface area contributed by atoms with E-state index < -0.39 is 12.1 Å². The molecule has 0 saturated carbocycles. The molecular weight excluding hydrogens is 316 g/mol. The second kappa shape index (κ2) is 5.63. The average molecular weight is 329 g/mol. The molecule has 1 unspecified atom stereocenters. The van der Waals surface area contributed by atoms with E-state index in [1.165, 1.54) is 13.4 Å². The van der Waals surface area contributed by atoms with Gasteiger partial charge in [-0.2, -0.15) is 0 Å². The molecular formula is C13H13BrO5. The molecule has 0 saturated heterocycles. The van der Waals surface area contributed by atoms with Crippen LogP contribution in [0.1, 0.15) is 18.6 Å². The summed E-state index contributed by atoms with van der Waals surface area (Å²) in [7, 11) is 1.49. The maximum Gasteiger partial charge on any atom is 0.339 e. The van der Waals surface area contributed by atoms with Crippen LogP contribution in [-0.4, -0.2) is 24.8 Å². The highest BCUT2D eigenvalue weighted by Gasteiger charge is 2.24. The van der Waals surface area contributed by atoms with Gasteiger partial charge in [0.25, 0.3) is 0 Å². The summed E-state index contributed by atoms with van der Waals surface area (Å²) >= 11 is 3.36. The standard InChI is InChI=1S/C13H13BrO5/c1-3-18-13(16)11(15)8-6-9(17-2)12-7(10(8)14)4-5-19-12/h4-6,11,15H,3H2,1-2H3. The molecule has 1 N–H and O–H groups in total. The van der Waals surface area contributed by atoms with E-state index in [4.69, 9.17) is 13.9 Å². The van der Waals surface area contributed by atoms with E-state index in [-0.39, 0.29) is 6.61 Å². The fourth-order valence-corrected chi connectivity index (χ4v) is 2.44. The van der Waals surface area contributed by atoms with Gasteiger partial charge in [0.2, 0.25) is 0 Å². The molecule has 0 aliphatic heterocycles. The molecule has 5 nitrogen and oxygen atoms in total. The van der Waals surface area contributed by atoms with Gasteiger partial charge in [0.15, 0.2) is 17.4 Å². The van der Waals surface area contributed by atoms with Crippen LogP contribution in [0.3, 0.4) is 0 Å². The van der Waals surface area contributed by atoms with Gasteiger partial charge in [0, 0.05) is 15.4 Å². The lowest BCUT2D eigenvalue weighted by molar-refractivity contribution is -0.153. The zero-order valence-corrected chi connectivity index (χ0v) is 12.1. The van der Waals surface area contributed by atoms with Gasteiger partial charge in [-0.25, -0.2) is 4.79 Å². The number of methoxy groups -OCH3 is 1. The van der Waals surface area contributed by atoms with E-state index in [0.29, 0.717) is 21.4 Å². The summed E-state index contributed by atoms with van der Waals surface area (Å²) in [5.41, 5.74) is 0.929. The molecule has 1 aromatic heterocycles. The van der Waals surface area contributed by atoms with Crippen molar-refractivity contribution in [1.82, 2.24) is 0 Å². The molecule has 0 aliphatic carbocycles. The van der Waals surface area contributed by atoms with Crippen LogP contribution in [0.25, 0.3) is 11.0 Å². The fraction of sp³-hybridized carbons (Fsp3) is 0.308. The number of hydrogen-bond acceptors (Lipinski definition) is 5. The monoisotopic (exact) mass is 328 g/mol. The third-order valence-corrected chi connectivity index (χ3v) is 3.57. The quantitative estimate of drug-likeness (QED) is 0.874. The third-order valence-electron chi connectivity index (χ3n) is 2.69. The van der Waals surface area contributed by atoms with E-state index in [1.807, 2.05) is 0 Å². The van der Waals surface area contributed by atoms with Crippen LogP contribution in [-0.2, 0) is 9.53 Å². The highest BCUT2D eigenvalue weighted by atomic mass is 79.9. The molecule has 1 heterocycles. The second-order valence-corrected chi connectivity index (χ2v) is 4.59. The van der Waals surface area contributed by atoms with Crippen LogP contribution < -0.4 is 4.74 Å². The predicted octanol–water partition coefficient (Wildman–Crippen LogP) is 2.80. The van der Waals surface area contributed by atoms with Gasteiger partial charge in [-0.1, -0.05) is 0 Å². The number of esters is 1. The van der Waals surface area contributed by atoms with Crippen molar-refractivity contribution >= 4 is 32.9 Å². The summed E-state index contributed by atoms with van der Waals surface area (Å²) in [5, 5.41) is 10.7. The zero-order chi connectivity index (χ0) is 14.0. The molecule has 0 spiro atoms. The predicted molar refractivity (Wildman–Crippen MR) is 72.1 cm³/mol. The Kier molecular flexibility index (Phi) is 4.11. The number of fused-ring (bicyclic) bond motifs is 1. The lowest BCUT2D eigenvalue weighted by Gasteiger charge is -2.13. The summed E-state index contributed by atoms with van der Waals surface area (Å²) in [5.74, 6) is -0.255. The zero-order valence-electron chi connectivity index (χ0n) is 10.5. The SMILES string of the molecule is CCOC(=O)C(O)c1cc(OC)c2occc2c1Br. The fourth-order valence-electron chi connectivity index (χ4n) is 1.80. The van der Waals surface area contributed by atoms with Gasteiger partial charge in [0.1, 0.15) is 0 Å². The number of ether oxygens (including phenoxy) is 2. The summed E-state index contributed by atoms with van der Waals surface area (Å²) < 4.78 is 15.9. The molecule has 0 amide bonds. The molecule has 1 aromatic carbocycles. The van der Waals surface area contributed by atoms with Gasteiger partial charge in [-0.15, -0.1) is 0 Å². The Balaban J connectivity index is 2.54. The number of hydrogen-bond donors (Lipinski definition) is 1. The Labute approximate surface area is 118 Å². The van der Waals surface area contributed by atoms with Crippen LogP contribution in [0.5, 0.6) is 5.75 Å². The maximum absolute atomic E-state index is 11.6. The van der Waals surface area contributed by atoms with Gasteiger partial charge in [-0.05, 0) is 35.0 Å². The van der Waals surface area contributed by atoms with E-state index >= 15 is 0 Å². The summed E-state index contributed by atoms with van der Waals surface area (Å²) in [4.78, 5) is 11.6. The Morgan fingerprint density at radius 3 is 2.95 bits per heavy atom. The number of carbonyl (C=O) groups excluding carboxylic acids is 1. The third kappa shape index (κ3) is 2.46. The molecule has 0 fully saturated rings. The molecule has 0 aliphatic rings. The first-order valence-corrected chi connectivity index (χ1v) is 6.47. The summed E-state index contributed by atoms with van der Waals surface area (Å²) in [6.07, 6.45) is 0.140. The first-order chi connectivity index (χ1) is 9.10. The van der Waals surface area contributed by atoms with Crippen molar-refractivity contribution in [2.45, 2.75) is 13.0 Å². The molecule has 19 heavy (non-hydrogen) atoms. The van der Waals surface area contributed by atoms with Crippen molar-refractivity contribution in [3.63, 3.8) is 0 Å². The lowest BCUT2D eigenvalue weighted by atomic mass is 10.1. The number of aliphatic hydroxyl groups excluding tert-OH is 1. The molecule has 2 rings (SSSR count). The molecule has 0 radical (unpaired) electrons. The van der Waals surface area contributed by atoms with Crippen molar-refractivity contribution in [3.05, 3.63) is 28.4 Å². The molecule has 2 aromatic rings. The Bertz CT molecular complexity index is 604. The number of furan rings is 1. The van der Waals surface area contributed by atoms with Gasteiger partial charge >= 0.3 is 5.97 Å². The number of rotatable bonds is 4. The Morgan fingerprint density at radius 1 is 1.58 bits per heavy atom. The maximum atomic E-state index is 11.6. The number of carbonyl (C=O) groups is 1. The molecule has 6 heteroatoms. The summed E-state index contributed by atoms with van der Waals surface area (Å²) in [6.45, 7) is 1.89. The van der Waals surface area contributed by atoms with Crippen molar-refractivity contribution in [2.75, 3.05) is 13.7 Å². The van der Waals surface area contributed by atoms with E-state index in [2.05, 4.69) is 15.9 Å². The van der Waals surface area contributed by atoms with Crippen molar-refractivity contribution in [2.24, 2.45) is 0 Å². The number of benzene rings is 1. The minimum Gasteiger partial charge on any atom is -0.493 e. The minimum atomic E-state index is -1.37.